The van der Waals surface area contributed by atoms with E-state index < -0.39 is 0 Å². The van der Waals surface area contributed by atoms with Gasteiger partial charge in [0, 0.05) is 47.6 Å². The Balaban J connectivity index is 1.41. The summed E-state index contributed by atoms with van der Waals surface area (Å²) in [4.78, 5) is 27.1. The van der Waals surface area contributed by atoms with Gasteiger partial charge in [-0.3, -0.25) is 9.69 Å². The van der Waals surface area contributed by atoms with Gasteiger partial charge in [0.1, 0.15) is 11.0 Å². The van der Waals surface area contributed by atoms with E-state index in [9.17, 15) is 4.79 Å². The zero-order valence-corrected chi connectivity index (χ0v) is 17.5. The average molecular weight is 437 g/mol. The standard InChI is InChI=1S/C23H18Cl2N4O/c24-17-7-5-14(6-8-17)22-27-20-9-10-29(13-18(20)23(30)28-22)12-16-11-15-3-1-2-4-19(15)26-21(16)25/h1-8,11H,9-10,12-13H2,(H,27,28,30). The molecule has 0 saturated heterocycles. The third kappa shape index (κ3) is 3.72. The van der Waals surface area contributed by atoms with Gasteiger partial charge in [0.15, 0.2) is 0 Å². The molecule has 1 aliphatic heterocycles. The predicted octanol–water partition coefficient (Wildman–Crippen LogP) is 4.85. The molecule has 2 aromatic heterocycles. The molecule has 150 valence electrons. The number of halogens is 2. The van der Waals surface area contributed by atoms with E-state index in [0.29, 0.717) is 41.1 Å². The third-order valence-electron chi connectivity index (χ3n) is 5.41. The normalized spacial score (nSPS) is 14.1. The molecule has 5 rings (SSSR count). The largest absolute Gasteiger partial charge is 0.306 e. The summed E-state index contributed by atoms with van der Waals surface area (Å²) in [6, 6.07) is 17.3. The van der Waals surface area contributed by atoms with Crippen molar-refractivity contribution in [2.75, 3.05) is 6.54 Å². The molecule has 0 radical (unpaired) electrons. The van der Waals surface area contributed by atoms with Crippen LogP contribution in [0.2, 0.25) is 10.2 Å². The number of hydrogen-bond acceptors (Lipinski definition) is 4. The number of benzene rings is 2. The first-order valence-electron chi connectivity index (χ1n) is 9.71. The number of para-hydroxylation sites is 1. The molecule has 30 heavy (non-hydrogen) atoms. The molecular formula is C23H18Cl2N4O. The number of aromatic nitrogens is 3. The quantitative estimate of drug-likeness (QED) is 0.466. The third-order valence-corrected chi connectivity index (χ3v) is 5.99. The molecule has 0 spiro atoms. The Hall–Kier alpha value is -2.73. The van der Waals surface area contributed by atoms with Crippen LogP contribution in [0.5, 0.6) is 0 Å². The van der Waals surface area contributed by atoms with Gasteiger partial charge in [-0.05, 0) is 36.4 Å². The van der Waals surface area contributed by atoms with Gasteiger partial charge in [-0.15, -0.1) is 0 Å². The molecular weight excluding hydrogens is 419 g/mol. The van der Waals surface area contributed by atoms with Gasteiger partial charge in [-0.2, -0.15) is 0 Å². The van der Waals surface area contributed by atoms with Crippen molar-refractivity contribution in [1.29, 1.82) is 0 Å². The van der Waals surface area contributed by atoms with E-state index >= 15 is 0 Å². The number of hydrogen-bond donors (Lipinski definition) is 1. The highest BCUT2D eigenvalue weighted by atomic mass is 35.5. The van der Waals surface area contributed by atoms with E-state index in [-0.39, 0.29) is 5.56 Å². The monoisotopic (exact) mass is 436 g/mol. The highest BCUT2D eigenvalue weighted by Gasteiger charge is 2.22. The molecule has 3 heterocycles. The van der Waals surface area contributed by atoms with Crippen LogP contribution in [0.15, 0.2) is 59.4 Å². The van der Waals surface area contributed by atoms with Gasteiger partial charge in [0.2, 0.25) is 0 Å². The molecule has 0 amide bonds. The maximum atomic E-state index is 12.8. The molecule has 1 aliphatic rings. The summed E-state index contributed by atoms with van der Waals surface area (Å²) in [7, 11) is 0. The Morgan fingerprint density at radius 1 is 1.03 bits per heavy atom. The second-order valence-electron chi connectivity index (χ2n) is 7.44. The van der Waals surface area contributed by atoms with Crippen LogP contribution in [0.25, 0.3) is 22.3 Å². The molecule has 0 saturated carbocycles. The van der Waals surface area contributed by atoms with Gasteiger partial charge in [-0.1, -0.05) is 41.4 Å². The second-order valence-corrected chi connectivity index (χ2v) is 8.23. The minimum absolute atomic E-state index is 0.0996. The number of rotatable bonds is 3. The summed E-state index contributed by atoms with van der Waals surface area (Å²) >= 11 is 12.4. The predicted molar refractivity (Wildman–Crippen MR) is 120 cm³/mol. The lowest BCUT2D eigenvalue weighted by Crippen LogP contribution is -2.35. The Kier molecular flexibility index (Phi) is 5.03. The number of nitrogens with zero attached hydrogens (tertiary/aromatic N) is 3. The van der Waals surface area contributed by atoms with Crippen molar-refractivity contribution in [3.8, 4) is 11.4 Å². The van der Waals surface area contributed by atoms with Crippen molar-refractivity contribution < 1.29 is 0 Å². The fourth-order valence-corrected chi connectivity index (χ4v) is 4.18. The molecule has 2 aromatic carbocycles. The van der Waals surface area contributed by atoms with Crippen molar-refractivity contribution in [3.05, 3.63) is 91.9 Å². The van der Waals surface area contributed by atoms with Crippen LogP contribution in [0.4, 0.5) is 0 Å². The van der Waals surface area contributed by atoms with E-state index in [0.717, 1.165) is 34.3 Å². The molecule has 4 aromatic rings. The number of aromatic amines is 1. The highest BCUT2D eigenvalue weighted by molar-refractivity contribution is 6.30. The van der Waals surface area contributed by atoms with Crippen LogP contribution in [-0.2, 0) is 19.5 Å². The van der Waals surface area contributed by atoms with Crippen molar-refractivity contribution in [2.45, 2.75) is 19.5 Å². The van der Waals surface area contributed by atoms with Gasteiger partial charge < -0.3 is 4.98 Å². The van der Waals surface area contributed by atoms with Crippen LogP contribution >= 0.6 is 23.2 Å². The fourth-order valence-electron chi connectivity index (χ4n) is 3.85. The molecule has 5 nitrogen and oxygen atoms in total. The van der Waals surface area contributed by atoms with Crippen LogP contribution in [0.1, 0.15) is 16.8 Å². The van der Waals surface area contributed by atoms with Gasteiger partial charge in [0.05, 0.1) is 16.8 Å². The Bertz CT molecular complexity index is 1300. The number of fused-ring (bicyclic) bond motifs is 2. The Morgan fingerprint density at radius 3 is 2.67 bits per heavy atom. The van der Waals surface area contributed by atoms with Crippen molar-refractivity contribution in [2.24, 2.45) is 0 Å². The maximum Gasteiger partial charge on any atom is 0.255 e. The van der Waals surface area contributed by atoms with Crippen molar-refractivity contribution in [1.82, 2.24) is 19.9 Å². The SMILES string of the molecule is O=c1[nH]c(-c2ccc(Cl)cc2)nc2c1CN(Cc1cc3ccccc3nc1Cl)CC2. The molecule has 7 heteroatoms. The smallest absolute Gasteiger partial charge is 0.255 e. The lowest BCUT2D eigenvalue weighted by Gasteiger charge is -2.28. The number of H-pyrrole nitrogens is 1. The second kappa shape index (κ2) is 7.84. The van der Waals surface area contributed by atoms with Crippen LogP contribution in [0.3, 0.4) is 0 Å². The fraction of sp³-hybridized carbons (Fsp3) is 0.174. The van der Waals surface area contributed by atoms with Crippen LogP contribution in [0, 0.1) is 0 Å². The van der Waals surface area contributed by atoms with E-state index in [1.807, 2.05) is 36.4 Å². The van der Waals surface area contributed by atoms with Gasteiger partial charge in [0.25, 0.3) is 5.56 Å². The van der Waals surface area contributed by atoms with E-state index in [1.165, 1.54) is 0 Å². The molecule has 1 N–H and O–H groups in total. The van der Waals surface area contributed by atoms with E-state index in [4.69, 9.17) is 28.2 Å². The lowest BCUT2D eigenvalue weighted by atomic mass is 10.1. The minimum Gasteiger partial charge on any atom is -0.306 e. The summed E-state index contributed by atoms with van der Waals surface area (Å²) in [5, 5.41) is 2.21. The maximum absolute atomic E-state index is 12.8. The first-order chi connectivity index (χ1) is 14.6. The molecule has 0 fully saturated rings. The van der Waals surface area contributed by atoms with Gasteiger partial charge in [-0.25, -0.2) is 9.97 Å². The summed E-state index contributed by atoms with van der Waals surface area (Å²) < 4.78 is 0. The van der Waals surface area contributed by atoms with Crippen LogP contribution in [-0.4, -0.2) is 26.4 Å². The average Bonchev–Trinajstić information content (AvgIpc) is 2.75. The van der Waals surface area contributed by atoms with Crippen molar-refractivity contribution in [3.63, 3.8) is 0 Å². The first-order valence-corrected chi connectivity index (χ1v) is 10.5. The molecule has 0 bridgehead atoms. The topological polar surface area (TPSA) is 61.9 Å². The summed E-state index contributed by atoms with van der Waals surface area (Å²) in [6.45, 7) is 1.96. The van der Waals surface area contributed by atoms with Crippen LogP contribution < -0.4 is 5.56 Å². The summed E-state index contributed by atoms with van der Waals surface area (Å²) in [5.74, 6) is 0.575. The molecule has 0 atom stereocenters. The Labute approximate surface area is 183 Å². The summed E-state index contributed by atoms with van der Waals surface area (Å²) in [6.07, 6.45) is 0.707. The lowest BCUT2D eigenvalue weighted by molar-refractivity contribution is 0.242. The van der Waals surface area contributed by atoms with Gasteiger partial charge >= 0.3 is 0 Å². The minimum atomic E-state index is -0.0996. The first kappa shape index (κ1) is 19.2. The molecule has 0 aliphatic carbocycles. The Morgan fingerprint density at radius 2 is 1.83 bits per heavy atom. The highest BCUT2D eigenvalue weighted by Crippen LogP contribution is 2.25. The van der Waals surface area contributed by atoms with Crippen molar-refractivity contribution >= 4 is 34.1 Å². The number of pyridine rings is 1. The van der Waals surface area contributed by atoms with E-state index in [1.54, 1.807) is 12.1 Å². The zero-order chi connectivity index (χ0) is 20.7. The van der Waals surface area contributed by atoms with E-state index in [2.05, 4.69) is 20.9 Å². The molecule has 0 unspecified atom stereocenters. The number of nitrogens with one attached hydrogen (secondary N) is 1. The zero-order valence-electron chi connectivity index (χ0n) is 16.0. The summed E-state index contributed by atoms with van der Waals surface area (Å²) in [5.41, 5.74) is 4.14.